The summed E-state index contributed by atoms with van der Waals surface area (Å²) in [6.45, 7) is 0. The van der Waals surface area contributed by atoms with E-state index in [0.717, 1.165) is 14.6 Å². The Labute approximate surface area is 203 Å². The summed E-state index contributed by atoms with van der Waals surface area (Å²) in [5.74, 6) is -0.530. The van der Waals surface area contributed by atoms with E-state index in [0.29, 0.717) is 6.42 Å². The van der Waals surface area contributed by atoms with Crippen molar-refractivity contribution in [2.24, 2.45) is 5.92 Å². The SMILES string of the molecule is O=C(/C=C/c1cccs1)[C@@H]1[C@@H](c2cccs2)[C@H](c2cccs2)C[C@@]1(O)/C=C/c1cccs1. The molecule has 0 amide bonds. The molecule has 162 valence electrons. The number of rotatable bonds is 7. The molecule has 2 nitrogen and oxygen atoms in total. The molecule has 0 bridgehead atoms. The number of hydrogen-bond acceptors (Lipinski definition) is 6. The number of carbonyl (C=O) groups is 1. The molecule has 0 aromatic carbocycles. The zero-order chi connectivity index (χ0) is 22.0. The second-order valence-corrected chi connectivity index (χ2v) is 11.9. The van der Waals surface area contributed by atoms with Crippen LogP contribution in [0.2, 0.25) is 0 Å². The molecular weight excluding hydrogens is 473 g/mol. The molecule has 5 rings (SSSR count). The van der Waals surface area contributed by atoms with Crippen molar-refractivity contribution in [2.45, 2.75) is 23.9 Å². The fraction of sp³-hybridized carbons (Fsp3) is 0.192. The highest BCUT2D eigenvalue weighted by molar-refractivity contribution is 7.11. The Morgan fingerprint density at radius 1 is 0.844 bits per heavy atom. The lowest BCUT2D eigenvalue weighted by Gasteiger charge is -2.28. The van der Waals surface area contributed by atoms with Crippen LogP contribution in [0.1, 0.15) is 37.8 Å². The van der Waals surface area contributed by atoms with Crippen molar-refractivity contribution in [3.05, 3.63) is 102 Å². The maximum atomic E-state index is 13.7. The average molecular weight is 495 g/mol. The van der Waals surface area contributed by atoms with Crippen molar-refractivity contribution < 1.29 is 9.90 Å². The number of aliphatic hydroxyl groups is 1. The summed E-state index contributed by atoms with van der Waals surface area (Å²) in [5, 5.41) is 20.1. The molecule has 0 spiro atoms. The molecule has 4 atom stereocenters. The number of carbonyl (C=O) groups excluding carboxylic acids is 1. The molecule has 4 aromatic rings. The zero-order valence-electron chi connectivity index (χ0n) is 17.2. The number of allylic oxidation sites excluding steroid dienone is 1. The Kier molecular flexibility index (Phi) is 6.40. The molecule has 1 aliphatic rings. The van der Waals surface area contributed by atoms with E-state index in [9.17, 15) is 9.90 Å². The first kappa shape index (κ1) is 21.7. The summed E-state index contributed by atoms with van der Waals surface area (Å²) in [7, 11) is 0. The largest absolute Gasteiger partial charge is 0.385 e. The van der Waals surface area contributed by atoms with E-state index < -0.39 is 11.5 Å². The van der Waals surface area contributed by atoms with Gasteiger partial charge in [0.15, 0.2) is 5.78 Å². The van der Waals surface area contributed by atoms with Crippen LogP contribution in [0.5, 0.6) is 0 Å². The van der Waals surface area contributed by atoms with Crippen molar-refractivity contribution in [1.82, 2.24) is 0 Å². The van der Waals surface area contributed by atoms with Gasteiger partial charge in [0, 0.05) is 31.3 Å². The van der Waals surface area contributed by atoms with Crippen LogP contribution in [0.25, 0.3) is 12.2 Å². The number of hydrogen-bond donors (Lipinski definition) is 1. The van der Waals surface area contributed by atoms with Gasteiger partial charge in [-0.05, 0) is 70.4 Å². The third kappa shape index (κ3) is 4.38. The van der Waals surface area contributed by atoms with Gasteiger partial charge in [0.25, 0.3) is 0 Å². The monoisotopic (exact) mass is 494 g/mol. The number of ketones is 1. The van der Waals surface area contributed by atoms with Crippen LogP contribution in [0.15, 0.2) is 82.2 Å². The van der Waals surface area contributed by atoms with E-state index in [2.05, 4.69) is 29.0 Å². The second-order valence-electron chi connectivity index (χ2n) is 7.94. The summed E-state index contributed by atoms with van der Waals surface area (Å²) in [6.07, 6.45) is 7.91. The first-order chi connectivity index (χ1) is 15.6. The summed E-state index contributed by atoms with van der Waals surface area (Å²) in [4.78, 5) is 18.2. The highest BCUT2D eigenvalue weighted by Gasteiger charge is 2.55. The van der Waals surface area contributed by atoms with Gasteiger partial charge in [0.1, 0.15) is 0 Å². The smallest absolute Gasteiger partial charge is 0.162 e. The quantitative estimate of drug-likeness (QED) is 0.269. The van der Waals surface area contributed by atoms with Gasteiger partial charge in [-0.2, -0.15) is 0 Å². The van der Waals surface area contributed by atoms with Gasteiger partial charge in [-0.25, -0.2) is 0 Å². The van der Waals surface area contributed by atoms with Crippen LogP contribution < -0.4 is 0 Å². The van der Waals surface area contributed by atoms with E-state index in [-0.39, 0.29) is 17.6 Å². The van der Waals surface area contributed by atoms with Gasteiger partial charge in [-0.1, -0.05) is 30.3 Å². The fourth-order valence-corrected chi connectivity index (χ4v) is 7.68. The lowest BCUT2D eigenvalue weighted by Crippen LogP contribution is -2.37. The molecular formula is C26H22O2S4. The van der Waals surface area contributed by atoms with Crippen molar-refractivity contribution in [1.29, 1.82) is 0 Å². The van der Waals surface area contributed by atoms with Gasteiger partial charge < -0.3 is 5.11 Å². The molecule has 0 aliphatic heterocycles. The van der Waals surface area contributed by atoms with Crippen molar-refractivity contribution >= 4 is 63.3 Å². The first-order valence-electron chi connectivity index (χ1n) is 10.4. The Morgan fingerprint density at radius 3 is 2.03 bits per heavy atom. The standard InChI is InChI=1S/C26H22O2S4/c27-21(10-9-18-5-1-13-29-18)25-24(23-8-4-16-32-23)20(22-7-3-15-31-22)17-26(25,28)12-11-19-6-2-14-30-19/h1-16,20,24-25,28H,17H2/b10-9+,12-11+/t20-,24+,25+,26-/m0/s1. The molecule has 4 aromatic heterocycles. The van der Waals surface area contributed by atoms with E-state index in [4.69, 9.17) is 0 Å². The Morgan fingerprint density at radius 2 is 1.44 bits per heavy atom. The van der Waals surface area contributed by atoms with Crippen molar-refractivity contribution in [3.63, 3.8) is 0 Å². The predicted molar refractivity (Wildman–Crippen MR) is 139 cm³/mol. The second kappa shape index (κ2) is 9.41. The normalized spacial score (nSPS) is 25.8. The molecule has 32 heavy (non-hydrogen) atoms. The van der Waals surface area contributed by atoms with E-state index in [1.807, 2.05) is 59.3 Å². The Hall–Kier alpha value is -2.09. The molecule has 4 heterocycles. The third-order valence-electron chi connectivity index (χ3n) is 6.00. The highest BCUT2D eigenvalue weighted by atomic mass is 32.1. The minimum Gasteiger partial charge on any atom is -0.385 e. The minimum absolute atomic E-state index is 0.0193. The molecule has 1 N–H and O–H groups in total. The lowest BCUT2D eigenvalue weighted by atomic mass is 9.80. The molecule has 1 fully saturated rings. The van der Waals surface area contributed by atoms with Gasteiger partial charge >= 0.3 is 0 Å². The Balaban J connectivity index is 1.58. The molecule has 0 saturated heterocycles. The molecule has 1 saturated carbocycles. The molecule has 0 unspecified atom stereocenters. The third-order valence-corrected chi connectivity index (χ3v) is 9.65. The average Bonchev–Trinajstić information content (AvgIpc) is 3.61. The van der Waals surface area contributed by atoms with Crippen molar-refractivity contribution in [3.8, 4) is 0 Å². The summed E-state index contributed by atoms with van der Waals surface area (Å²) < 4.78 is 0. The van der Waals surface area contributed by atoms with Gasteiger partial charge in [0.05, 0.1) is 11.5 Å². The van der Waals surface area contributed by atoms with Crippen LogP contribution in [0, 0.1) is 5.92 Å². The maximum Gasteiger partial charge on any atom is 0.162 e. The van der Waals surface area contributed by atoms with Crippen LogP contribution >= 0.6 is 45.3 Å². The van der Waals surface area contributed by atoms with Gasteiger partial charge in [-0.3, -0.25) is 4.79 Å². The van der Waals surface area contributed by atoms with Gasteiger partial charge in [0.2, 0.25) is 0 Å². The first-order valence-corrected chi connectivity index (χ1v) is 13.9. The highest BCUT2D eigenvalue weighted by Crippen LogP contribution is 2.57. The van der Waals surface area contributed by atoms with Crippen LogP contribution in [-0.4, -0.2) is 16.5 Å². The topological polar surface area (TPSA) is 37.3 Å². The summed E-state index contributed by atoms with van der Waals surface area (Å²) in [6, 6.07) is 16.3. The molecule has 6 heteroatoms. The molecule has 0 radical (unpaired) electrons. The van der Waals surface area contributed by atoms with Crippen molar-refractivity contribution in [2.75, 3.05) is 0 Å². The Bertz CT molecular complexity index is 1190. The van der Waals surface area contributed by atoms with Crippen LogP contribution in [0.3, 0.4) is 0 Å². The minimum atomic E-state index is -1.22. The maximum absolute atomic E-state index is 13.7. The van der Waals surface area contributed by atoms with E-state index in [1.54, 1.807) is 51.4 Å². The van der Waals surface area contributed by atoms with E-state index in [1.165, 1.54) is 4.88 Å². The van der Waals surface area contributed by atoms with Crippen LogP contribution in [-0.2, 0) is 4.79 Å². The molecule has 1 aliphatic carbocycles. The summed E-state index contributed by atoms with van der Waals surface area (Å²) in [5.41, 5.74) is -1.22. The number of thiophene rings is 4. The van der Waals surface area contributed by atoms with E-state index >= 15 is 0 Å². The van der Waals surface area contributed by atoms with Gasteiger partial charge in [-0.15, -0.1) is 45.3 Å². The summed E-state index contributed by atoms with van der Waals surface area (Å²) >= 11 is 6.61. The van der Waals surface area contributed by atoms with Crippen LogP contribution in [0.4, 0.5) is 0 Å². The zero-order valence-corrected chi connectivity index (χ0v) is 20.4. The lowest BCUT2D eigenvalue weighted by molar-refractivity contribution is -0.123. The predicted octanol–water partition coefficient (Wildman–Crippen LogP) is 7.55. The fourth-order valence-electron chi connectivity index (χ4n) is 4.63.